The van der Waals surface area contributed by atoms with Crippen molar-refractivity contribution in [3.63, 3.8) is 0 Å². The van der Waals surface area contributed by atoms with Gasteiger partial charge in [-0.3, -0.25) is 4.99 Å². The summed E-state index contributed by atoms with van der Waals surface area (Å²) in [5.41, 5.74) is 1.73. The van der Waals surface area contributed by atoms with Crippen LogP contribution >= 0.6 is 24.0 Å². The second-order valence-electron chi connectivity index (χ2n) is 5.10. The molecule has 0 amide bonds. The highest BCUT2D eigenvalue weighted by atomic mass is 127. The molecular weight excluding hydrogens is 435 g/mol. The molecule has 0 aliphatic rings. The Bertz CT molecular complexity index is 696. The normalized spacial score (nSPS) is 10.8. The third-order valence-corrected chi connectivity index (χ3v) is 3.43. The number of guanidine groups is 1. The molecule has 2 aromatic rings. The van der Waals surface area contributed by atoms with Gasteiger partial charge in [-0.05, 0) is 32.9 Å². The van der Waals surface area contributed by atoms with Crippen LogP contribution < -0.4 is 20.1 Å². The van der Waals surface area contributed by atoms with Gasteiger partial charge in [0.2, 0.25) is 5.89 Å². The number of oxazole rings is 1. The van der Waals surface area contributed by atoms with E-state index in [0.29, 0.717) is 36.5 Å². The molecule has 0 unspecified atom stereocenters. The predicted octanol–water partition coefficient (Wildman–Crippen LogP) is 3.50. The van der Waals surface area contributed by atoms with Gasteiger partial charge in [-0.1, -0.05) is 0 Å². The van der Waals surface area contributed by atoms with Crippen molar-refractivity contribution in [3.8, 4) is 11.5 Å². The molecule has 0 fully saturated rings. The van der Waals surface area contributed by atoms with Crippen LogP contribution in [0, 0.1) is 13.8 Å². The van der Waals surface area contributed by atoms with E-state index in [9.17, 15) is 0 Å². The Morgan fingerprint density at radius 1 is 1.28 bits per heavy atom. The molecule has 0 spiro atoms. The zero-order valence-corrected chi connectivity index (χ0v) is 17.5. The van der Waals surface area contributed by atoms with E-state index < -0.39 is 0 Å². The Hall–Kier alpha value is -1.97. The molecule has 2 N–H and O–H groups in total. The van der Waals surface area contributed by atoms with Crippen molar-refractivity contribution in [2.45, 2.75) is 27.3 Å². The zero-order chi connectivity index (χ0) is 17.5. The number of aromatic nitrogens is 1. The minimum Gasteiger partial charge on any atom is -0.493 e. The number of aliphatic imine (C=N–C) groups is 1. The summed E-state index contributed by atoms with van der Waals surface area (Å²) in [6, 6.07) is 5.62. The zero-order valence-electron chi connectivity index (χ0n) is 15.2. The monoisotopic (exact) mass is 460 g/mol. The lowest BCUT2D eigenvalue weighted by Crippen LogP contribution is -2.30. The topological polar surface area (TPSA) is 80.9 Å². The number of hydrogen-bond donors (Lipinski definition) is 2. The molecule has 25 heavy (non-hydrogen) atoms. The molecule has 8 heteroatoms. The van der Waals surface area contributed by atoms with Crippen molar-refractivity contribution in [1.82, 2.24) is 10.3 Å². The number of nitrogens with one attached hydrogen (secondary N) is 2. The first kappa shape index (κ1) is 21.1. The molecule has 1 heterocycles. The summed E-state index contributed by atoms with van der Waals surface area (Å²) < 4.78 is 16.4. The van der Waals surface area contributed by atoms with Crippen LogP contribution in [0.15, 0.2) is 27.6 Å². The Morgan fingerprint density at radius 2 is 2.04 bits per heavy atom. The van der Waals surface area contributed by atoms with Gasteiger partial charge in [-0.15, -0.1) is 24.0 Å². The van der Waals surface area contributed by atoms with Crippen LogP contribution in [-0.2, 0) is 6.54 Å². The van der Waals surface area contributed by atoms with Gasteiger partial charge in [0.25, 0.3) is 0 Å². The van der Waals surface area contributed by atoms with E-state index in [1.165, 1.54) is 0 Å². The molecule has 2 rings (SSSR count). The standard InChI is InChI=1S/C17H24N4O3.HI/c1-6-23-14-8-7-13(9-15(14)22-5)21-17(18-4)19-10-16-20-11(2)12(3)24-16;/h7-9H,6,10H2,1-5H3,(H2,18,19,21);1H. The van der Waals surface area contributed by atoms with Crippen molar-refractivity contribution < 1.29 is 13.9 Å². The van der Waals surface area contributed by atoms with Crippen LogP contribution in [0.3, 0.4) is 0 Å². The maximum atomic E-state index is 5.55. The number of hydrogen-bond acceptors (Lipinski definition) is 5. The number of benzene rings is 1. The van der Waals surface area contributed by atoms with Crippen molar-refractivity contribution >= 4 is 35.6 Å². The number of methoxy groups -OCH3 is 1. The molecular formula is C17H25IN4O3. The van der Waals surface area contributed by atoms with Crippen LogP contribution in [0.4, 0.5) is 5.69 Å². The SMILES string of the molecule is CCOc1ccc(NC(=NC)NCc2nc(C)c(C)o2)cc1OC.I. The van der Waals surface area contributed by atoms with Gasteiger partial charge in [0, 0.05) is 18.8 Å². The minimum absolute atomic E-state index is 0. The second kappa shape index (κ2) is 10.1. The molecule has 7 nitrogen and oxygen atoms in total. The van der Waals surface area contributed by atoms with E-state index >= 15 is 0 Å². The predicted molar refractivity (Wildman–Crippen MR) is 109 cm³/mol. The van der Waals surface area contributed by atoms with Crippen LogP contribution in [-0.4, -0.2) is 31.7 Å². The second-order valence-corrected chi connectivity index (χ2v) is 5.10. The fourth-order valence-electron chi connectivity index (χ4n) is 2.11. The number of halogens is 1. The Morgan fingerprint density at radius 3 is 2.60 bits per heavy atom. The fourth-order valence-corrected chi connectivity index (χ4v) is 2.11. The maximum Gasteiger partial charge on any atom is 0.214 e. The molecule has 0 aliphatic carbocycles. The van der Waals surface area contributed by atoms with Crippen molar-refractivity contribution in [1.29, 1.82) is 0 Å². The van der Waals surface area contributed by atoms with E-state index in [0.717, 1.165) is 17.1 Å². The molecule has 0 aliphatic heterocycles. The first-order valence-electron chi connectivity index (χ1n) is 7.78. The third kappa shape index (κ3) is 5.80. The van der Waals surface area contributed by atoms with Crippen molar-refractivity contribution in [2.24, 2.45) is 4.99 Å². The lowest BCUT2D eigenvalue weighted by molar-refractivity contribution is 0.311. The van der Waals surface area contributed by atoms with E-state index in [-0.39, 0.29) is 24.0 Å². The molecule has 0 saturated carbocycles. The van der Waals surface area contributed by atoms with Crippen molar-refractivity contribution in [2.75, 3.05) is 26.1 Å². The highest BCUT2D eigenvalue weighted by Gasteiger charge is 2.09. The molecule has 0 saturated heterocycles. The number of ether oxygens (including phenoxy) is 2. The van der Waals surface area contributed by atoms with Gasteiger partial charge >= 0.3 is 0 Å². The largest absolute Gasteiger partial charge is 0.493 e. The summed E-state index contributed by atoms with van der Waals surface area (Å²) >= 11 is 0. The molecule has 0 bridgehead atoms. The number of aryl methyl sites for hydroxylation is 2. The summed E-state index contributed by atoms with van der Waals surface area (Å²) in [5.74, 6) is 3.42. The van der Waals surface area contributed by atoms with Gasteiger partial charge < -0.3 is 24.5 Å². The first-order valence-corrected chi connectivity index (χ1v) is 7.78. The van der Waals surface area contributed by atoms with Gasteiger partial charge in [0.1, 0.15) is 5.76 Å². The van der Waals surface area contributed by atoms with Gasteiger partial charge in [-0.2, -0.15) is 0 Å². The first-order chi connectivity index (χ1) is 11.6. The van der Waals surface area contributed by atoms with Crippen LogP contribution in [0.1, 0.15) is 24.3 Å². The Balaban J connectivity index is 0.00000312. The summed E-state index contributed by atoms with van der Waals surface area (Å²) in [5, 5.41) is 6.36. The van der Waals surface area contributed by atoms with E-state index in [1.54, 1.807) is 14.2 Å². The number of anilines is 1. The number of nitrogens with zero attached hydrogens (tertiary/aromatic N) is 2. The van der Waals surface area contributed by atoms with Crippen LogP contribution in [0.2, 0.25) is 0 Å². The average Bonchev–Trinajstić information content (AvgIpc) is 2.91. The Labute approximate surface area is 165 Å². The Kier molecular flexibility index (Phi) is 8.53. The molecule has 0 atom stereocenters. The fraction of sp³-hybridized carbons (Fsp3) is 0.412. The quantitative estimate of drug-likeness (QED) is 0.390. The third-order valence-electron chi connectivity index (χ3n) is 3.43. The van der Waals surface area contributed by atoms with E-state index in [4.69, 9.17) is 13.9 Å². The lowest BCUT2D eigenvalue weighted by atomic mass is 10.2. The molecule has 0 radical (unpaired) electrons. The summed E-state index contributed by atoms with van der Waals surface area (Å²) in [4.78, 5) is 8.53. The smallest absolute Gasteiger partial charge is 0.214 e. The van der Waals surface area contributed by atoms with E-state index in [1.807, 2.05) is 39.0 Å². The molecule has 138 valence electrons. The van der Waals surface area contributed by atoms with Crippen LogP contribution in [0.5, 0.6) is 11.5 Å². The minimum atomic E-state index is 0. The van der Waals surface area contributed by atoms with Crippen LogP contribution in [0.25, 0.3) is 0 Å². The average molecular weight is 460 g/mol. The molecule has 1 aromatic carbocycles. The summed E-state index contributed by atoms with van der Waals surface area (Å²) in [6.45, 7) is 6.78. The van der Waals surface area contributed by atoms with Gasteiger partial charge in [0.15, 0.2) is 17.5 Å². The molecule has 1 aromatic heterocycles. The summed E-state index contributed by atoms with van der Waals surface area (Å²) in [6.07, 6.45) is 0. The highest BCUT2D eigenvalue weighted by molar-refractivity contribution is 14.0. The number of rotatable bonds is 6. The van der Waals surface area contributed by atoms with Gasteiger partial charge in [0.05, 0.1) is 26.0 Å². The summed E-state index contributed by atoms with van der Waals surface area (Å²) in [7, 11) is 3.31. The van der Waals surface area contributed by atoms with Gasteiger partial charge in [-0.25, -0.2) is 4.98 Å². The van der Waals surface area contributed by atoms with Crippen molar-refractivity contribution in [3.05, 3.63) is 35.5 Å². The maximum absolute atomic E-state index is 5.55. The highest BCUT2D eigenvalue weighted by Crippen LogP contribution is 2.30. The lowest BCUT2D eigenvalue weighted by Gasteiger charge is -2.14. The van der Waals surface area contributed by atoms with E-state index in [2.05, 4.69) is 20.6 Å².